The van der Waals surface area contributed by atoms with Gasteiger partial charge in [0.25, 0.3) is 11.7 Å². The van der Waals surface area contributed by atoms with Gasteiger partial charge in [-0.25, -0.2) is 0 Å². The molecule has 22 heavy (non-hydrogen) atoms. The Morgan fingerprint density at radius 1 is 1.45 bits per heavy atom. The summed E-state index contributed by atoms with van der Waals surface area (Å²) in [6.45, 7) is 1.91. The molecule has 2 aromatic heterocycles. The molecule has 0 spiro atoms. The normalized spacial score (nSPS) is 22.1. The van der Waals surface area contributed by atoms with Crippen LogP contribution < -0.4 is 5.32 Å². The fourth-order valence-corrected chi connectivity index (χ4v) is 3.51. The lowest BCUT2D eigenvalue weighted by atomic mass is 10.2. The predicted molar refractivity (Wildman–Crippen MR) is 81.5 cm³/mol. The van der Waals surface area contributed by atoms with Crippen molar-refractivity contribution in [3.63, 3.8) is 0 Å². The lowest BCUT2D eigenvalue weighted by Crippen LogP contribution is -2.26. The Kier molecular flexibility index (Phi) is 3.67. The van der Waals surface area contributed by atoms with Gasteiger partial charge >= 0.3 is 0 Å². The van der Waals surface area contributed by atoms with E-state index in [4.69, 9.17) is 4.52 Å². The lowest BCUT2D eigenvalue weighted by molar-refractivity contribution is 0.0937. The smallest absolute Gasteiger partial charge is 0.292 e. The first-order valence-corrected chi connectivity index (χ1v) is 8.63. The number of carbonyl (C=O) groups excluding carboxylic acids is 1. The molecule has 1 aliphatic carbocycles. The van der Waals surface area contributed by atoms with Crippen LogP contribution in [0.2, 0.25) is 0 Å². The summed E-state index contributed by atoms with van der Waals surface area (Å²) in [5, 5.41) is 11.0. The van der Waals surface area contributed by atoms with E-state index in [0.717, 1.165) is 38.8 Å². The molecule has 1 atom stereocenters. The van der Waals surface area contributed by atoms with E-state index in [1.54, 1.807) is 11.3 Å². The lowest BCUT2D eigenvalue weighted by Gasteiger charge is -2.20. The quantitative estimate of drug-likeness (QED) is 0.916. The summed E-state index contributed by atoms with van der Waals surface area (Å²) < 4.78 is 5.36. The van der Waals surface area contributed by atoms with Gasteiger partial charge in [-0.05, 0) is 54.6 Å². The molecule has 0 bridgehead atoms. The maximum atomic E-state index is 12.0. The molecule has 2 aliphatic rings. The molecule has 1 saturated carbocycles. The van der Waals surface area contributed by atoms with Crippen molar-refractivity contribution in [3.8, 4) is 0 Å². The highest BCUT2D eigenvalue weighted by Gasteiger charge is 2.32. The van der Waals surface area contributed by atoms with Crippen molar-refractivity contribution in [1.29, 1.82) is 0 Å². The van der Waals surface area contributed by atoms with E-state index >= 15 is 0 Å². The van der Waals surface area contributed by atoms with Crippen LogP contribution in [0, 0.1) is 0 Å². The van der Waals surface area contributed by atoms with E-state index in [2.05, 4.69) is 37.2 Å². The number of nitrogens with zero attached hydrogens (tertiary/aromatic N) is 3. The number of amides is 1. The molecule has 7 heteroatoms. The Bertz CT molecular complexity index is 650. The average molecular weight is 318 g/mol. The summed E-state index contributed by atoms with van der Waals surface area (Å²) in [5.74, 6) is 0.498. The van der Waals surface area contributed by atoms with Gasteiger partial charge in [-0.3, -0.25) is 9.69 Å². The topological polar surface area (TPSA) is 71.3 Å². The Labute approximate surface area is 132 Å². The van der Waals surface area contributed by atoms with E-state index in [-0.39, 0.29) is 17.8 Å². The van der Waals surface area contributed by atoms with Gasteiger partial charge in [-0.15, -0.1) is 0 Å². The third-order valence-corrected chi connectivity index (χ3v) is 4.90. The third kappa shape index (κ3) is 2.91. The van der Waals surface area contributed by atoms with E-state index < -0.39 is 0 Å². The molecule has 6 nitrogen and oxygen atoms in total. The summed E-state index contributed by atoms with van der Waals surface area (Å²) in [5.41, 5.74) is 1.31. The Balaban J connectivity index is 1.45. The molecule has 2 fully saturated rings. The maximum Gasteiger partial charge on any atom is 0.292 e. The van der Waals surface area contributed by atoms with Crippen LogP contribution in [0.15, 0.2) is 21.3 Å². The molecule has 1 amide bonds. The molecule has 2 aromatic rings. The fourth-order valence-electron chi connectivity index (χ4n) is 2.85. The second-order valence-electron chi connectivity index (χ2n) is 5.96. The van der Waals surface area contributed by atoms with Crippen molar-refractivity contribution in [1.82, 2.24) is 20.4 Å². The number of likely N-dealkylation sites (tertiary alicyclic amines) is 1. The first-order chi connectivity index (χ1) is 10.8. The number of aromatic nitrogens is 2. The molecule has 0 aromatic carbocycles. The van der Waals surface area contributed by atoms with Gasteiger partial charge < -0.3 is 9.84 Å². The number of nitrogens with one attached hydrogen (secondary N) is 1. The molecule has 3 heterocycles. The summed E-state index contributed by atoms with van der Waals surface area (Å²) in [7, 11) is 0. The minimum absolute atomic E-state index is 0.120. The maximum absolute atomic E-state index is 12.0. The Morgan fingerprint density at radius 2 is 2.36 bits per heavy atom. The van der Waals surface area contributed by atoms with E-state index in [1.807, 2.05) is 0 Å². The Morgan fingerprint density at radius 3 is 3.14 bits per heavy atom. The van der Waals surface area contributed by atoms with Crippen LogP contribution in [-0.2, 0) is 6.54 Å². The highest BCUT2D eigenvalue weighted by molar-refractivity contribution is 7.07. The first-order valence-electron chi connectivity index (χ1n) is 7.69. The zero-order chi connectivity index (χ0) is 14.9. The minimum atomic E-state index is -0.222. The molecule has 1 N–H and O–H groups in total. The molecular weight excluding hydrogens is 300 g/mol. The second-order valence-corrected chi connectivity index (χ2v) is 6.74. The van der Waals surface area contributed by atoms with Crippen LogP contribution in [0.3, 0.4) is 0 Å². The standard InChI is InChI=1S/C15H18N4O2S/c20-14(16-11-3-4-11)13-17-15(21-18-13)12-2-1-6-19(12)8-10-5-7-22-9-10/h5,7,9,11-12H,1-4,6,8H2,(H,16,20)/t12-/m0/s1. The minimum Gasteiger partial charge on any atom is -0.346 e. The molecule has 1 aliphatic heterocycles. The highest BCUT2D eigenvalue weighted by atomic mass is 32.1. The van der Waals surface area contributed by atoms with Crippen molar-refractivity contribution >= 4 is 17.2 Å². The molecule has 0 radical (unpaired) electrons. The van der Waals surface area contributed by atoms with Crippen LogP contribution >= 0.6 is 11.3 Å². The zero-order valence-electron chi connectivity index (χ0n) is 12.2. The van der Waals surface area contributed by atoms with Crippen LogP contribution in [0.4, 0.5) is 0 Å². The summed E-state index contributed by atoms with van der Waals surface area (Å²) in [4.78, 5) is 18.6. The van der Waals surface area contributed by atoms with E-state index in [0.29, 0.717) is 11.9 Å². The summed E-state index contributed by atoms with van der Waals surface area (Å²) in [6.07, 6.45) is 4.21. The van der Waals surface area contributed by atoms with Gasteiger partial charge in [-0.2, -0.15) is 16.3 Å². The predicted octanol–water partition coefficient (Wildman–Crippen LogP) is 2.36. The first kappa shape index (κ1) is 13.9. The number of hydrogen-bond donors (Lipinski definition) is 1. The average Bonchev–Trinajstić information content (AvgIpc) is 2.98. The fraction of sp³-hybridized carbons (Fsp3) is 0.533. The SMILES string of the molecule is O=C(NC1CC1)c1noc([C@@H]2CCCN2Cc2ccsc2)n1. The van der Waals surface area contributed by atoms with Gasteiger partial charge in [0, 0.05) is 12.6 Å². The van der Waals surface area contributed by atoms with Crippen LogP contribution in [0.5, 0.6) is 0 Å². The molecule has 116 valence electrons. The van der Waals surface area contributed by atoms with Gasteiger partial charge in [0.1, 0.15) is 0 Å². The third-order valence-electron chi connectivity index (χ3n) is 4.17. The van der Waals surface area contributed by atoms with Gasteiger partial charge in [-0.1, -0.05) is 5.16 Å². The number of carbonyl (C=O) groups is 1. The van der Waals surface area contributed by atoms with Crippen molar-refractivity contribution < 1.29 is 9.32 Å². The summed E-state index contributed by atoms with van der Waals surface area (Å²) >= 11 is 1.71. The van der Waals surface area contributed by atoms with Gasteiger partial charge in [0.05, 0.1) is 6.04 Å². The number of thiophene rings is 1. The van der Waals surface area contributed by atoms with Crippen molar-refractivity contribution in [2.75, 3.05) is 6.54 Å². The molecular formula is C15H18N4O2S. The monoisotopic (exact) mass is 318 g/mol. The van der Waals surface area contributed by atoms with E-state index in [1.165, 1.54) is 5.56 Å². The number of hydrogen-bond acceptors (Lipinski definition) is 6. The van der Waals surface area contributed by atoms with Crippen LogP contribution in [0.1, 0.15) is 53.8 Å². The molecule has 1 saturated heterocycles. The number of rotatable bonds is 5. The second kappa shape index (κ2) is 5.81. The molecule has 4 rings (SSSR count). The van der Waals surface area contributed by atoms with E-state index in [9.17, 15) is 4.79 Å². The molecule has 0 unspecified atom stereocenters. The van der Waals surface area contributed by atoms with Crippen LogP contribution in [0.25, 0.3) is 0 Å². The van der Waals surface area contributed by atoms with Crippen molar-refractivity contribution in [2.45, 2.75) is 44.3 Å². The zero-order valence-corrected chi connectivity index (χ0v) is 13.0. The van der Waals surface area contributed by atoms with Crippen molar-refractivity contribution in [3.05, 3.63) is 34.1 Å². The summed E-state index contributed by atoms with van der Waals surface area (Å²) in [6, 6.07) is 2.56. The highest BCUT2D eigenvalue weighted by Crippen LogP contribution is 2.32. The van der Waals surface area contributed by atoms with Crippen molar-refractivity contribution in [2.24, 2.45) is 0 Å². The Hall–Kier alpha value is -1.73. The van der Waals surface area contributed by atoms with Crippen LogP contribution in [-0.4, -0.2) is 33.5 Å². The largest absolute Gasteiger partial charge is 0.346 e. The van der Waals surface area contributed by atoms with Gasteiger partial charge in [0.15, 0.2) is 0 Å². The van der Waals surface area contributed by atoms with Gasteiger partial charge in [0.2, 0.25) is 5.89 Å².